The van der Waals surface area contributed by atoms with Gasteiger partial charge >= 0.3 is 5.97 Å². The topological polar surface area (TPSA) is 73.4 Å². The number of nitrogens with zero attached hydrogens (tertiary/aromatic N) is 1. The number of aliphatic carboxylic acids is 1. The van der Waals surface area contributed by atoms with Crippen LogP contribution in [0.1, 0.15) is 16.1 Å². The van der Waals surface area contributed by atoms with E-state index in [0.29, 0.717) is 18.8 Å². The highest BCUT2D eigenvalue weighted by molar-refractivity contribution is 6.01. The summed E-state index contributed by atoms with van der Waals surface area (Å²) in [4.78, 5) is 28.6. The maximum absolute atomic E-state index is 12.6. The minimum Gasteiger partial charge on any atom is -0.481 e. The van der Waals surface area contributed by atoms with Gasteiger partial charge in [-0.05, 0) is 30.4 Å². The largest absolute Gasteiger partial charge is 0.481 e. The number of nitrogens with one attached hydrogen (secondary N) is 1. The van der Waals surface area contributed by atoms with Crippen LogP contribution in [0.3, 0.4) is 0 Å². The first kappa shape index (κ1) is 12.4. The van der Waals surface area contributed by atoms with Crippen LogP contribution in [0.4, 0.5) is 0 Å². The number of benzene rings is 1. The Labute approximate surface area is 121 Å². The number of piperidine rings is 1. The zero-order valence-electron chi connectivity index (χ0n) is 11.7. The van der Waals surface area contributed by atoms with E-state index in [2.05, 4.69) is 4.98 Å². The number of carboxylic acid groups (broad SMARTS) is 1. The molecule has 4 rings (SSSR count). The van der Waals surface area contributed by atoms with Crippen molar-refractivity contribution in [3.63, 3.8) is 0 Å². The molecule has 1 saturated carbocycles. The van der Waals surface area contributed by atoms with Gasteiger partial charge in [-0.2, -0.15) is 0 Å². The Balaban J connectivity index is 1.58. The number of likely N-dealkylation sites (tertiary alicyclic amines) is 1. The third kappa shape index (κ3) is 1.70. The predicted octanol–water partition coefficient (Wildman–Crippen LogP) is 1.88. The van der Waals surface area contributed by atoms with Gasteiger partial charge in [-0.3, -0.25) is 9.59 Å². The van der Waals surface area contributed by atoms with Gasteiger partial charge in [0.15, 0.2) is 0 Å². The second-order valence-corrected chi connectivity index (χ2v) is 6.07. The van der Waals surface area contributed by atoms with Gasteiger partial charge in [0.25, 0.3) is 5.91 Å². The van der Waals surface area contributed by atoms with Gasteiger partial charge < -0.3 is 15.0 Å². The lowest BCUT2D eigenvalue weighted by atomic mass is 10.1. The molecule has 0 radical (unpaired) electrons. The number of aromatic amines is 1. The first-order valence-corrected chi connectivity index (χ1v) is 7.17. The van der Waals surface area contributed by atoms with Crippen LogP contribution in [0.15, 0.2) is 24.3 Å². The molecule has 21 heavy (non-hydrogen) atoms. The fourth-order valence-corrected chi connectivity index (χ4v) is 3.71. The number of rotatable bonds is 2. The molecule has 5 heteroatoms. The van der Waals surface area contributed by atoms with Crippen LogP contribution >= 0.6 is 0 Å². The fourth-order valence-electron chi connectivity index (χ4n) is 3.71. The zero-order chi connectivity index (χ0) is 14.7. The van der Waals surface area contributed by atoms with Crippen molar-refractivity contribution in [3.05, 3.63) is 35.5 Å². The molecule has 1 aliphatic carbocycles. The molecular formula is C16H16N2O3. The van der Waals surface area contributed by atoms with Crippen LogP contribution in [0.5, 0.6) is 0 Å². The van der Waals surface area contributed by atoms with E-state index in [1.165, 1.54) is 0 Å². The highest BCUT2D eigenvalue weighted by atomic mass is 16.4. The van der Waals surface area contributed by atoms with Crippen molar-refractivity contribution in [2.75, 3.05) is 13.1 Å². The van der Waals surface area contributed by atoms with E-state index in [1.54, 1.807) is 4.90 Å². The van der Waals surface area contributed by atoms with Crippen molar-refractivity contribution in [1.29, 1.82) is 0 Å². The summed E-state index contributed by atoms with van der Waals surface area (Å²) in [6.07, 6.45) is 0. The summed E-state index contributed by atoms with van der Waals surface area (Å²) in [5, 5.41) is 10.1. The summed E-state index contributed by atoms with van der Waals surface area (Å²) in [6, 6.07) is 7.86. The van der Waals surface area contributed by atoms with Crippen LogP contribution in [-0.4, -0.2) is 40.0 Å². The molecule has 0 spiro atoms. The number of aryl methyl sites for hydroxylation is 1. The molecule has 108 valence electrons. The quantitative estimate of drug-likeness (QED) is 0.884. The van der Waals surface area contributed by atoms with E-state index >= 15 is 0 Å². The van der Waals surface area contributed by atoms with Crippen molar-refractivity contribution in [3.8, 4) is 0 Å². The Bertz CT molecular complexity index is 752. The molecule has 5 nitrogen and oxygen atoms in total. The first-order valence-electron chi connectivity index (χ1n) is 7.17. The Morgan fingerprint density at radius 1 is 1.24 bits per heavy atom. The summed E-state index contributed by atoms with van der Waals surface area (Å²) >= 11 is 0. The number of hydrogen-bond acceptors (Lipinski definition) is 2. The minimum absolute atomic E-state index is 0.0139. The lowest BCUT2D eigenvalue weighted by Gasteiger charge is -2.18. The van der Waals surface area contributed by atoms with Gasteiger partial charge in [-0.25, -0.2) is 0 Å². The molecule has 0 bridgehead atoms. The Morgan fingerprint density at radius 3 is 2.52 bits per heavy atom. The molecule has 2 aliphatic rings. The molecule has 1 amide bonds. The summed E-state index contributed by atoms with van der Waals surface area (Å²) in [7, 11) is 0. The second-order valence-electron chi connectivity index (χ2n) is 6.07. The SMILES string of the molecule is Cc1c(C(=O)N2C[C@@H]3C(C(=O)O)[C@@H]3C2)[nH]c2ccccc12. The molecule has 3 atom stereocenters. The standard InChI is InChI=1S/C16H16N2O3/c1-8-9-4-2-3-5-12(9)17-14(8)15(19)18-6-10-11(7-18)13(10)16(20)21/h2-5,10-11,13,17H,6-7H2,1H3,(H,20,21)/t10-,11+,13?. The third-order valence-corrected chi connectivity index (χ3v) is 4.95. The summed E-state index contributed by atoms with van der Waals surface area (Å²) in [5.74, 6) is -0.677. The van der Waals surface area contributed by atoms with Crippen LogP contribution in [0, 0.1) is 24.7 Å². The number of H-pyrrole nitrogens is 1. The molecular weight excluding hydrogens is 268 g/mol. The lowest BCUT2D eigenvalue weighted by Crippen LogP contribution is -2.33. The predicted molar refractivity (Wildman–Crippen MR) is 77.0 cm³/mol. The molecule has 1 saturated heterocycles. The van der Waals surface area contributed by atoms with E-state index in [1.807, 2.05) is 31.2 Å². The number of carboxylic acids is 1. The van der Waals surface area contributed by atoms with E-state index < -0.39 is 5.97 Å². The van der Waals surface area contributed by atoms with Gasteiger partial charge in [0.2, 0.25) is 0 Å². The summed E-state index contributed by atoms with van der Waals surface area (Å²) in [6.45, 7) is 3.08. The van der Waals surface area contributed by atoms with Crippen molar-refractivity contribution >= 4 is 22.8 Å². The monoisotopic (exact) mass is 284 g/mol. The molecule has 1 aromatic heterocycles. The maximum atomic E-state index is 12.6. The van der Waals surface area contributed by atoms with Gasteiger partial charge in [-0.1, -0.05) is 18.2 Å². The van der Waals surface area contributed by atoms with Gasteiger partial charge in [-0.15, -0.1) is 0 Å². The van der Waals surface area contributed by atoms with Crippen LogP contribution < -0.4 is 0 Å². The lowest BCUT2D eigenvalue weighted by molar-refractivity contribution is -0.139. The Hall–Kier alpha value is -2.30. The van der Waals surface area contributed by atoms with E-state index in [4.69, 9.17) is 5.11 Å². The molecule has 2 fully saturated rings. The first-order chi connectivity index (χ1) is 10.1. The third-order valence-electron chi connectivity index (χ3n) is 4.95. The van der Waals surface area contributed by atoms with E-state index in [0.717, 1.165) is 16.5 Å². The number of aromatic nitrogens is 1. The zero-order valence-corrected chi connectivity index (χ0v) is 11.7. The van der Waals surface area contributed by atoms with Gasteiger partial charge in [0.05, 0.1) is 5.92 Å². The number of carbonyl (C=O) groups is 2. The molecule has 1 aromatic carbocycles. The Kier molecular flexibility index (Phi) is 2.43. The fraction of sp³-hybridized carbons (Fsp3) is 0.375. The van der Waals surface area contributed by atoms with Crippen molar-refractivity contribution < 1.29 is 14.7 Å². The average Bonchev–Trinajstić information content (AvgIpc) is 2.82. The number of carbonyl (C=O) groups excluding carboxylic acids is 1. The second kappa shape index (κ2) is 4.10. The van der Waals surface area contributed by atoms with Crippen LogP contribution in [0.2, 0.25) is 0 Å². The number of hydrogen-bond donors (Lipinski definition) is 2. The molecule has 1 unspecified atom stereocenters. The number of amides is 1. The van der Waals surface area contributed by atoms with Gasteiger partial charge in [0.1, 0.15) is 5.69 Å². The van der Waals surface area contributed by atoms with Crippen molar-refractivity contribution in [1.82, 2.24) is 9.88 Å². The smallest absolute Gasteiger partial charge is 0.307 e. The van der Waals surface area contributed by atoms with Crippen LogP contribution in [-0.2, 0) is 4.79 Å². The van der Waals surface area contributed by atoms with Crippen molar-refractivity contribution in [2.24, 2.45) is 17.8 Å². The van der Waals surface area contributed by atoms with Gasteiger partial charge in [0, 0.05) is 24.0 Å². The molecule has 2 heterocycles. The highest BCUT2D eigenvalue weighted by Gasteiger charge is 2.60. The highest BCUT2D eigenvalue weighted by Crippen LogP contribution is 2.52. The molecule has 2 aromatic rings. The van der Waals surface area contributed by atoms with E-state index in [-0.39, 0.29) is 23.7 Å². The molecule has 1 aliphatic heterocycles. The summed E-state index contributed by atoms with van der Waals surface area (Å²) in [5.41, 5.74) is 2.56. The van der Waals surface area contributed by atoms with Crippen molar-refractivity contribution in [2.45, 2.75) is 6.92 Å². The minimum atomic E-state index is -0.723. The van der Waals surface area contributed by atoms with Crippen LogP contribution in [0.25, 0.3) is 10.9 Å². The maximum Gasteiger partial charge on any atom is 0.307 e. The molecule has 2 N–H and O–H groups in total. The van der Waals surface area contributed by atoms with E-state index in [9.17, 15) is 9.59 Å². The average molecular weight is 284 g/mol. The normalized spacial score (nSPS) is 26.9. The Morgan fingerprint density at radius 2 is 1.90 bits per heavy atom. The summed E-state index contributed by atoms with van der Waals surface area (Å²) < 4.78 is 0. The number of para-hydroxylation sites is 1. The number of fused-ring (bicyclic) bond motifs is 2.